The van der Waals surface area contributed by atoms with E-state index in [4.69, 9.17) is 10.7 Å². The molecular formula is C3H4ClNO2S2. The number of hydrogen-bond acceptors (Lipinski definition) is 4. The van der Waals surface area contributed by atoms with E-state index in [2.05, 4.69) is 5.32 Å². The van der Waals surface area contributed by atoms with Gasteiger partial charge in [-0.15, -0.1) is 11.8 Å². The Hall–Kier alpha value is 0.130. The molecule has 0 aromatic carbocycles. The molecule has 0 unspecified atom stereocenters. The Morgan fingerprint density at radius 2 is 2.44 bits per heavy atom. The minimum Gasteiger partial charge on any atom is -0.365 e. The van der Waals surface area contributed by atoms with Gasteiger partial charge >= 0.3 is 0 Å². The summed E-state index contributed by atoms with van der Waals surface area (Å²) in [5.74, 6) is 0.585. The molecule has 1 aliphatic heterocycles. The van der Waals surface area contributed by atoms with Gasteiger partial charge in [0.05, 0.1) is 5.88 Å². The minimum atomic E-state index is -3.50. The summed E-state index contributed by atoms with van der Waals surface area (Å²) in [4.78, 5) is 0. The second-order valence-electron chi connectivity index (χ2n) is 1.41. The fourth-order valence-corrected chi connectivity index (χ4v) is 2.46. The predicted molar refractivity (Wildman–Crippen MR) is 38.4 cm³/mol. The third-order valence-electron chi connectivity index (χ3n) is 0.783. The first-order valence-corrected chi connectivity index (χ1v) is 5.47. The maximum atomic E-state index is 10.5. The van der Waals surface area contributed by atoms with Crippen LogP contribution in [0.5, 0.6) is 0 Å². The van der Waals surface area contributed by atoms with Crippen molar-refractivity contribution in [3.63, 3.8) is 0 Å². The molecule has 0 spiro atoms. The van der Waals surface area contributed by atoms with Crippen LogP contribution in [0.2, 0.25) is 0 Å². The summed E-state index contributed by atoms with van der Waals surface area (Å²) in [6.07, 6.45) is 0. The number of rotatable bonds is 1. The lowest BCUT2D eigenvalue weighted by molar-refractivity contribution is 0.612. The van der Waals surface area contributed by atoms with Crippen LogP contribution >= 0.6 is 22.4 Å². The highest BCUT2D eigenvalue weighted by atomic mass is 35.7. The van der Waals surface area contributed by atoms with Crippen molar-refractivity contribution in [3.05, 3.63) is 10.4 Å². The van der Waals surface area contributed by atoms with Crippen LogP contribution in [-0.4, -0.2) is 14.3 Å². The molecule has 0 bridgehead atoms. The highest BCUT2D eigenvalue weighted by molar-refractivity contribution is 8.17. The number of hydrogen-bond donors (Lipinski definition) is 1. The molecule has 1 rings (SSSR count). The largest absolute Gasteiger partial charge is 0.365 e. The van der Waals surface area contributed by atoms with Crippen molar-refractivity contribution < 1.29 is 8.42 Å². The SMILES string of the molecule is O=S(=O)(Cl)C1=CSCN1. The zero-order valence-corrected chi connectivity index (χ0v) is 6.68. The molecule has 1 heterocycles. The van der Waals surface area contributed by atoms with Crippen molar-refractivity contribution in [1.29, 1.82) is 0 Å². The van der Waals surface area contributed by atoms with Gasteiger partial charge in [0.1, 0.15) is 0 Å². The molecule has 3 nitrogen and oxygen atoms in total. The standard InChI is InChI=1S/C3H4ClNO2S2/c4-9(6,7)3-1-8-2-5-3/h1,5H,2H2. The first-order valence-electron chi connectivity index (χ1n) is 2.11. The van der Waals surface area contributed by atoms with Gasteiger partial charge in [0.25, 0.3) is 9.05 Å². The fourth-order valence-electron chi connectivity index (χ4n) is 0.415. The van der Waals surface area contributed by atoms with Crippen molar-refractivity contribution >= 4 is 31.5 Å². The van der Waals surface area contributed by atoms with E-state index >= 15 is 0 Å². The Labute approximate surface area is 61.9 Å². The molecule has 0 aliphatic carbocycles. The first-order chi connectivity index (χ1) is 4.11. The summed E-state index contributed by atoms with van der Waals surface area (Å²) < 4.78 is 20.9. The highest BCUT2D eigenvalue weighted by Crippen LogP contribution is 2.19. The molecule has 52 valence electrons. The van der Waals surface area contributed by atoms with Crippen LogP contribution in [0.15, 0.2) is 10.4 Å². The zero-order chi connectivity index (χ0) is 6.91. The molecule has 0 atom stereocenters. The van der Waals surface area contributed by atoms with Crippen LogP contribution in [0.3, 0.4) is 0 Å². The molecule has 0 aromatic rings. The van der Waals surface area contributed by atoms with Crippen LogP contribution in [0.25, 0.3) is 0 Å². The Bertz CT molecular complexity index is 232. The summed E-state index contributed by atoms with van der Waals surface area (Å²) in [6.45, 7) is 0. The van der Waals surface area contributed by atoms with Crippen molar-refractivity contribution in [2.45, 2.75) is 0 Å². The summed E-state index contributed by atoms with van der Waals surface area (Å²) >= 11 is 1.37. The quantitative estimate of drug-likeness (QED) is 0.610. The van der Waals surface area contributed by atoms with Gasteiger partial charge in [-0.2, -0.15) is 0 Å². The van der Waals surface area contributed by atoms with E-state index < -0.39 is 9.05 Å². The molecule has 1 N–H and O–H groups in total. The molecule has 0 saturated heterocycles. The van der Waals surface area contributed by atoms with E-state index in [1.54, 1.807) is 0 Å². The second kappa shape index (κ2) is 2.40. The van der Waals surface area contributed by atoms with Gasteiger partial charge < -0.3 is 5.32 Å². The lowest BCUT2D eigenvalue weighted by Crippen LogP contribution is -2.11. The van der Waals surface area contributed by atoms with Crippen LogP contribution in [0.4, 0.5) is 0 Å². The summed E-state index contributed by atoms with van der Waals surface area (Å²) in [5.41, 5.74) is 0. The Morgan fingerprint density at radius 3 is 2.67 bits per heavy atom. The molecule has 0 aromatic heterocycles. The van der Waals surface area contributed by atoms with E-state index in [0.717, 1.165) is 0 Å². The maximum absolute atomic E-state index is 10.5. The van der Waals surface area contributed by atoms with Gasteiger partial charge in [0.2, 0.25) is 0 Å². The monoisotopic (exact) mass is 185 g/mol. The van der Waals surface area contributed by atoms with Crippen LogP contribution in [0, 0.1) is 0 Å². The molecule has 9 heavy (non-hydrogen) atoms. The Balaban J connectivity index is 2.87. The average Bonchev–Trinajstić information content (AvgIpc) is 2.08. The first kappa shape index (κ1) is 7.24. The van der Waals surface area contributed by atoms with Crippen LogP contribution in [-0.2, 0) is 9.05 Å². The van der Waals surface area contributed by atoms with E-state index in [0.29, 0.717) is 5.88 Å². The molecule has 1 aliphatic rings. The Kier molecular flexibility index (Phi) is 1.93. The molecule has 0 saturated carbocycles. The van der Waals surface area contributed by atoms with Gasteiger partial charge in [-0.3, -0.25) is 0 Å². The molecular weight excluding hydrogens is 182 g/mol. The van der Waals surface area contributed by atoms with Gasteiger partial charge in [-0.25, -0.2) is 8.42 Å². The van der Waals surface area contributed by atoms with Gasteiger partial charge in [-0.1, -0.05) is 0 Å². The van der Waals surface area contributed by atoms with E-state index in [1.807, 2.05) is 0 Å². The van der Waals surface area contributed by atoms with E-state index in [9.17, 15) is 8.42 Å². The molecule has 0 amide bonds. The van der Waals surface area contributed by atoms with Crippen molar-refractivity contribution in [1.82, 2.24) is 5.32 Å². The summed E-state index contributed by atoms with van der Waals surface area (Å²) in [6, 6.07) is 0. The highest BCUT2D eigenvalue weighted by Gasteiger charge is 2.16. The predicted octanol–water partition coefficient (Wildman–Crippen LogP) is 0.648. The smallest absolute Gasteiger partial charge is 0.276 e. The number of nitrogens with one attached hydrogen (secondary N) is 1. The van der Waals surface area contributed by atoms with Crippen molar-refractivity contribution in [2.24, 2.45) is 0 Å². The second-order valence-corrected chi connectivity index (χ2v) is 4.80. The third-order valence-corrected chi connectivity index (χ3v) is 2.93. The number of halogens is 1. The average molecular weight is 186 g/mol. The van der Waals surface area contributed by atoms with Gasteiger partial charge in [0, 0.05) is 16.1 Å². The third kappa shape index (κ3) is 1.77. The van der Waals surface area contributed by atoms with E-state index in [-0.39, 0.29) is 5.03 Å². The normalized spacial score (nSPS) is 19.0. The van der Waals surface area contributed by atoms with E-state index in [1.165, 1.54) is 17.2 Å². The van der Waals surface area contributed by atoms with Gasteiger partial charge in [-0.05, 0) is 0 Å². The van der Waals surface area contributed by atoms with Gasteiger partial charge in [0.15, 0.2) is 5.03 Å². The Morgan fingerprint density at radius 1 is 1.78 bits per heavy atom. The fraction of sp³-hybridized carbons (Fsp3) is 0.333. The van der Waals surface area contributed by atoms with Crippen LogP contribution in [0.1, 0.15) is 0 Å². The maximum Gasteiger partial charge on any atom is 0.276 e. The molecule has 0 fully saturated rings. The van der Waals surface area contributed by atoms with Crippen molar-refractivity contribution in [3.8, 4) is 0 Å². The molecule has 0 radical (unpaired) electrons. The van der Waals surface area contributed by atoms with Crippen molar-refractivity contribution in [2.75, 3.05) is 5.88 Å². The topological polar surface area (TPSA) is 46.2 Å². The van der Waals surface area contributed by atoms with Crippen LogP contribution < -0.4 is 5.32 Å². The summed E-state index contributed by atoms with van der Waals surface area (Å²) in [7, 11) is 1.47. The number of thioether (sulfide) groups is 1. The minimum absolute atomic E-state index is 0.106. The zero-order valence-electron chi connectivity index (χ0n) is 4.30. The lowest BCUT2D eigenvalue weighted by Gasteiger charge is -1.94. The summed E-state index contributed by atoms with van der Waals surface area (Å²) in [5, 5.41) is 4.19. The lowest BCUT2D eigenvalue weighted by atomic mass is 11.0. The molecule has 6 heteroatoms.